The van der Waals surface area contributed by atoms with Gasteiger partial charge in [-0.1, -0.05) is 224 Å². The predicted octanol–water partition coefficient (Wildman–Crippen LogP) is 18.0. The third-order valence-corrected chi connectivity index (χ3v) is 10.6. The summed E-state index contributed by atoms with van der Waals surface area (Å²) in [4.78, 5) is 38.1. The SMILES string of the molecule is CC\C=C/C=C\C=C/CCCCCCCCCC(=O)OCC(COC(=O)CCCCCCCC/C=C\C/C=C\C/C=C\C/C=C\CC)OC(=O)CC/C=C\C/C=C\C/C=C\C/C=C\C/C=C\CC. The van der Waals surface area contributed by atoms with Gasteiger partial charge >= 0.3 is 17.9 Å². The zero-order chi connectivity index (χ0) is 49.3. The zero-order valence-electron chi connectivity index (χ0n) is 43.3. The average molecular weight is 937 g/mol. The summed E-state index contributed by atoms with van der Waals surface area (Å²) in [5.41, 5.74) is 0. The van der Waals surface area contributed by atoms with Crippen LogP contribution < -0.4 is 0 Å². The largest absolute Gasteiger partial charge is 0.462 e. The highest BCUT2D eigenvalue weighted by atomic mass is 16.6. The third kappa shape index (κ3) is 52.3. The van der Waals surface area contributed by atoms with Crippen molar-refractivity contribution in [2.75, 3.05) is 13.2 Å². The van der Waals surface area contributed by atoms with Crippen LogP contribution in [0.3, 0.4) is 0 Å². The van der Waals surface area contributed by atoms with Gasteiger partial charge in [0.05, 0.1) is 0 Å². The average Bonchev–Trinajstić information content (AvgIpc) is 3.34. The molecule has 0 spiro atoms. The molecular weight excluding hydrogens is 841 g/mol. The standard InChI is InChI=1S/C62H96O6/c1-4-7-10-13-16-19-22-25-28-30-31-32-35-37-40-43-46-49-52-55-61(64)67-58-59(57-66-60(63)54-51-48-45-42-39-36-33-27-24-21-18-15-12-9-6-3)68-62(65)56-53-50-47-44-41-38-34-29-26-23-20-17-14-11-8-5-2/h7-12,15-21,24-26,28-29,31-32,38,41,47,50,59H,4-6,13-14,22-23,27,30,33-37,39-40,42-46,48-49,51-58H2,1-3H3/b10-7-,11-8-,12-9-,18-15-,19-16-,20-17-,24-21-,28-25-,29-26-,32-31-,41-38-,50-47-. The minimum atomic E-state index is -0.835. The Labute approximate surface area is 417 Å². The lowest BCUT2D eigenvalue weighted by molar-refractivity contribution is -0.166. The van der Waals surface area contributed by atoms with Crippen molar-refractivity contribution in [2.24, 2.45) is 0 Å². The lowest BCUT2D eigenvalue weighted by atomic mass is 10.1. The molecule has 0 heterocycles. The zero-order valence-corrected chi connectivity index (χ0v) is 43.3. The Bertz CT molecular complexity index is 1540. The molecule has 0 fully saturated rings. The maximum Gasteiger partial charge on any atom is 0.306 e. The molecule has 68 heavy (non-hydrogen) atoms. The van der Waals surface area contributed by atoms with Crippen LogP contribution in [0, 0.1) is 0 Å². The molecule has 6 heteroatoms. The molecule has 0 aliphatic heterocycles. The first kappa shape index (κ1) is 63.3. The van der Waals surface area contributed by atoms with Gasteiger partial charge < -0.3 is 14.2 Å². The summed E-state index contributed by atoms with van der Waals surface area (Å²) in [5.74, 6) is -1.04. The predicted molar refractivity (Wildman–Crippen MR) is 292 cm³/mol. The van der Waals surface area contributed by atoms with Gasteiger partial charge in [0.1, 0.15) is 13.2 Å². The monoisotopic (exact) mass is 937 g/mol. The van der Waals surface area contributed by atoms with Gasteiger partial charge in [0.25, 0.3) is 0 Å². The van der Waals surface area contributed by atoms with E-state index in [1.54, 1.807) is 0 Å². The molecule has 1 unspecified atom stereocenters. The summed E-state index contributed by atoms with van der Waals surface area (Å²) < 4.78 is 16.7. The van der Waals surface area contributed by atoms with Crippen molar-refractivity contribution in [3.8, 4) is 0 Å². The van der Waals surface area contributed by atoms with Crippen molar-refractivity contribution in [1.29, 1.82) is 0 Å². The van der Waals surface area contributed by atoms with Crippen LogP contribution in [-0.2, 0) is 28.6 Å². The first-order valence-electron chi connectivity index (χ1n) is 26.9. The maximum absolute atomic E-state index is 12.8. The minimum Gasteiger partial charge on any atom is -0.462 e. The molecule has 0 aromatic carbocycles. The van der Waals surface area contributed by atoms with Crippen LogP contribution in [0.2, 0.25) is 0 Å². The number of esters is 3. The summed E-state index contributed by atoms with van der Waals surface area (Å²) in [6, 6.07) is 0. The highest BCUT2D eigenvalue weighted by molar-refractivity contribution is 5.71. The first-order chi connectivity index (χ1) is 33.5. The molecule has 0 aliphatic carbocycles. The van der Waals surface area contributed by atoms with Crippen molar-refractivity contribution in [3.63, 3.8) is 0 Å². The molecule has 0 N–H and O–H groups in total. The van der Waals surface area contributed by atoms with Crippen molar-refractivity contribution in [3.05, 3.63) is 146 Å². The van der Waals surface area contributed by atoms with E-state index in [0.29, 0.717) is 19.3 Å². The number of carbonyl (C=O) groups is 3. The van der Waals surface area contributed by atoms with Crippen LogP contribution in [0.4, 0.5) is 0 Å². The Morgan fingerprint density at radius 2 is 0.632 bits per heavy atom. The second-order valence-corrected chi connectivity index (χ2v) is 17.0. The van der Waals surface area contributed by atoms with Crippen LogP contribution in [0.5, 0.6) is 0 Å². The molecule has 1 atom stereocenters. The molecule has 0 aromatic rings. The number of allylic oxidation sites excluding steroid dienone is 24. The van der Waals surface area contributed by atoms with E-state index in [9.17, 15) is 14.4 Å². The van der Waals surface area contributed by atoms with E-state index in [1.807, 2.05) is 12.2 Å². The van der Waals surface area contributed by atoms with Crippen molar-refractivity contribution >= 4 is 17.9 Å². The molecule has 380 valence electrons. The van der Waals surface area contributed by atoms with E-state index >= 15 is 0 Å². The van der Waals surface area contributed by atoms with Crippen LogP contribution in [0.25, 0.3) is 0 Å². The Hall–Kier alpha value is -4.71. The first-order valence-corrected chi connectivity index (χ1v) is 26.9. The lowest BCUT2D eigenvalue weighted by Crippen LogP contribution is -2.30. The van der Waals surface area contributed by atoms with E-state index in [1.165, 1.54) is 32.1 Å². The van der Waals surface area contributed by atoms with E-state index in [2.05, 4.69) is 154 Å². The summed E-state index contributed by atoms with van der Waals surface area (Å²) in [5, 5.41) is 0. The fourth-order valence-electron chi connectivity index (χ4n) is 6.72. The maximum atomic E-state index is 12.8. The van der Waals surface area contributed by atoms with Gasteiger partial charge in [-0.3, -0.25) is 14.4 Å². The lowest BCUT2D eigenvalue weighted by Gasteiger charge is -2.18. The molecule has 0 saturated heterocycles. The number of hydrogen-bond donors (Lipinski definition) is 0. The third-order valence-electron chi connectivity index (χ3n) is 10.6. The van der Waals surface area contributed by atoms with Crippen molar-refractivity contribution < 1.29 is 28.6 Å². The van der Waals surface area contributed by atoms with Gasteiger partial charge in [0, 0.05) is 19.3 Å². The highest BCUT2D eigenvalue weighted by Crippen LogP contribution is 2.13. The number of carbonyl (C=O) groups excluding carboxylic acids is 3. The van der Waals surface area contributed by atoms with Gasteiger partial charge in [0.15, 0.2) is 6.10 Å². The van der Waals surface area contributed by atoms with Gasteiger partial charge in [-0.2, -0.15) is 0 Å². The minimum absolute atomic E-state index is 0.125. The Balaban J connectivity index is 4.55. The quantitative estimate of drug-likeness (QED) is 0.0199. The van der Waals surface area contributed by atoms with Crippen LogP contribution in [0.15, 0.2) is 146 Å². The fourth-order valence-corrected chi connectivity index (χ4v) is 6.72. The van der Waals surface area contributed by atoms with E-state index in [4.69, 9.17) is 14.2 Å². The number of hydrogen-bond acceptors (Lipinski definition) is 6. The van der Waals surface area contributed by atoms with Crippen LogP contribution in [0.1, 0.15) is 207 Å². The Morgan fingerprint density at radius 3 is 1.04 bits per heavy atom. The molecule has 6 nitrogen and oxygen atoms in total. The molecule has 0 bridgehead atoms. The topological polar surface area (TPSA) is 78.9 Å². The molecule has 0 saturated carbocycles. The van der Waals surface area contributed by atoms with E-state index in [-0.39, 0.29) is 31.6 Å². The molecular formula is C62H96O6. The molecule has 0 radical (unpaired) electrons. The van der Waals surface area contributed by atoms with Crippen LogP contribution in [-0.4, -0.2) is 37.2 Å². The fraction of sp³-hybridized carbons (Fsp3) is 0.565. The van der Waals surface area contributed by atoms with Gasteiger partial charge in [-0.05, 0) is 109 Å². The molecule has 0 amide bonds. The Morgan fingerprint density at radius 1 is 0.309 bits per heavy atom. The molecule has 0 aliphatic rings. The summed E-state index contributed by atoms with van der Waals surface area (Å²) >= 11 is 0. The van der Waals surface area contributed by atoms with Crippen molar-refractivity contribution in [2.45, 2.75) is 213 Å². The number of unbranched alkanes of at least 4 members (excludes halogenated alkanes) is 13. The van der Waals surface area contributed by atoms with Crippen LogP contribution >= 0.6 is 0 Å². The summed E-state index contributed by atoms with van der Waals surface area (Å²) in [7, 11) is 0. The second kappa shape index (κ2) is 54.9. The second-order valence-electron chi connectivity index (χ2n) is 17.0. The van der Waals surface area contributed by atoms with Crippen molar-refractivity contribution in [1.82, 2.24) is 0 Å². The summed E-state index contributed by atoms with van der Waals surface area (Å²) in [6.07, 6.45) is 78.4. The van der Waals surface area contributed by atoms with Gasteiger partial charge in [-0.15, -0.1) is 0 Å². The molecule has 0 rings (SSSR count). The van der Waals surface area contributed by atoms with Gasteiger partial charge in [-0.25, -0.2) is 0 Å². The molecule has 0 aromatic heterocycles. The Kier molecular flexibility index (Phi) is 51.1. The summed E-state index contributed by atoms with van der Waals surface area (Å²) in [6.45, 7) is 6.18. The smallest absolute Gasteiger partial charge is 0.306 e. The van der Waals surface area contributed by atoms with Gasteiger partial charge in [0.2, 0.25) is 0 Å². The van der Waals surface area contributed by atoms with E-state index in [0.717, 1.165) is 128 Å². The number of rotatable bonds is 46. The number of ether oxygens (including phenoxy) is 3. The highest BCUT2D eigenvalue weighted by Gasteiger charge is 2.19. The van der Waals surface area contributed by atoms with E-state index < -0.39 is 12.1 Å². The normalized spacial score (nSPS) is 13.3.